The average molecular weight is 493 g/mol. The lowest BCUT2D eigenvalue weighted by Crippen LogP contribution is -2.41. The van der Waals surface area contributed by atoms with Gasteiger partial charge in [0.15, 0.2) is 0 Å². The minimum absolute atomic E-state index is 0.0198. The van der Waals surface area contributed by atoms with Crippen LogP contribution in [-0.4, -0.2) is 52.2 Å². The second-order valence-electron chi connectivity index (χ2n) is 9.05. The number of benzene rings is 1. The van der Waals surface area contributed by atoms with Gasteiger partial charge in [0.25, 0.3) is 0 Å². The Morgan fingerprint density at radius 3 is 2.56 bits per heavy atom. The molecule has 172 valence electrons. The smallest absolute Gasteiger partial charge is 0.250 e. The number of thiophene rings is 1. The number of rotatable bonds is 6. The molecule has 5 rings (SSSR count). The van der Waals surface area contributed by atoms with Crippen molar-refractivity contribution in [1.29, 1.82) is 0 Å². The quantitative estimate of drug-likeness (QED) is 0.656. The molecule has 0 amide bonds. The highest BCUT2D eigenvalue weighted by Crippen LogP contribution is 2.41. The summed E-state index contributed by atoms with van der Waals surface area (Å²) in [6, 6.07) is 9.96. The lowest BCUT2D eigenvalue weighted by atomic mass is 9.92. The molecule has 3 unspecified atom stereocenters. The van der Waals surface area contributed by atoms with Crippen molar-refractivity contribution in [2.45, 2.75) is 35.9 Å². The fourth-order valence-electron chi connectivity index (χ4n) is 5.33. The third kappa shape index (κ3) is 4.98. The number of nitrogens with one attached hydrogen (secondary N) is 1. The molecule has 0 radical (unpaired) electrons. The Morgan fingerprint density at radius 2 is 1.84 bits per heavy atom. The van der Waals surface area contributed by atoms with Crippen LogP contribution in [0.25, 0.3) is 6.08 Å². The van der Waals surface area contributed by atoms with Crippen LogP contribution in [-0.2, 0) is 27.6 Å². The van der Waals surface area contributed by atoms with Crippen LogP contribution in [0, 0.1) is 11.8 Å². The van der Waals surface area contributed by atoms with Gasteiger partial charge in [-0.2, -0.15) is 0 Å². The number of ether oxygens (including phenoxy) is 1. The van der Waals surface area contributed by atoms with Crippen molar-refractivity contribution in [3.63, 3.8) is 0 Å². The van der Waals surface area contributed by atoms with Gasteiger partial charge in [-0.05, 0) is 66.3 Å². The summed E-state index contributed by atoms with van der Waals surface area (Å²) in [6.45, 7) is 4.57. The van der Waals surface area contributed by atoms with Crippen LogP contribution in [0.2, 0.25) is 4.34 Å². The first-order valence-corrected chi connectivity index (χ1v) is 14.0. The Bertz CT molecular complexity index is 1090. The summed E-state index contributed by atoms with van der Waals surface area (Å²) >= 11 is 7.09. The Morgan fingerprint density at radius 1 is 1.09 bits per heavy atom. The Balaban J connectivity index is 1.28. The molecule has 1 aromatic heterocycles. The number of halogens is 1. The van der Waals surface area contributed by atoms with Crippen molar-refractivity contribution in [1.82, 2.24) is 9.62 Å². The third-order valence-corrected chi connectivity index (χ3v) is 10.2. The van der Waals surface area contributed by atoms with Crippen LogP contribution in [0.15, 0.2) is 40.6 Å². The largest absolute Gasteiger partial charge is 0.379 e. The summed E-state index contributed by atoms with van der Waals surface area (Å²) in [5.74, 6) is 0.674. The number of morpholine rings is 1. The number of nitrogens with zero attached hydrogens (tertiary/aromatic N) is 1. The van der Waals surface area contributed by atoms with E-state index in [0.29, 0.717) is 20.4 Å². The van der Waals surface area contributed by atoms with E-state index in [2.05, 4.69) is 40.0 Å². The van der Waals surface area contributed by atoms with Crippen molar-refractivity contribution >= 4 is 39.0 Å². The molecule has 3 atom stereocenters. The molecule has 2 aliphatic carbocycles. The van der Waals surface area contributed by atoms with Crippen LogP contribution >= 0.6 is 22.9 Å². The van der Waals surface area contributed by atoms with E-state index < -0.39 is 10.0 Å². The number of hydrogen-bond donors (Lipinski definition) is 1. The first kappa shape index (κ1) is 22.6. The summed E-state index contributed by atoms with van der Waals surface area (Å²) in [5, 5.41) is 0. The van der Waals surface area contributed by atoms with Gasteiger partial charge >= 0.3 is 0 Å². The van der Waals surface area contributed by atoms with Gasteiger partial charge in [-0.3, -0.25) is 4.90 Å². The van der Waals surface area contributed by atoms with Gasteiger partial charge in [-0.25, -0.2) is 13.1 Å². The van der Waals surface area contributed by atoms with E-state index in [1.807, 2.05) is 0 Å². The van der Waals surface area contributed by atoms with E-state index in [9.17, 15) is 8.42 Å². The first-order valence-electron chi connectivity index (χ1n) is 11.3. The van der Waals surface area contributed by atoms with E-state index in [0.717, 1.165) is 69.9 Å². The molecule has 1 N–H and O–H groups in total. The molecule has 2 heterocycles. The van der Waals surface area contributed by atoms with E-state index in [1.54, 1.807) is 12.1 Å². The molecule has 5 nitrogen and oxygen atoms in total. The van der Waals surface area contributed by atoms with Gasteiger partial charge < -0.3 is 4.74 Å². The van der Waals surface area contributed by atoms with E-state index in [4.69, 9.17) is 16.3 Å². The summed E-state index contributed by atoms with van der Waals surface area (Å²) < 4.78 is 35.1. The lowest BCUT2D eigenvalue weighted by molar-refractivity contribution is 0.0435. The van der Waals surface area contributed by atoms with E-state index in [1.165, 1.54) is 16.7 Å². The molecule has 0 spiro atoms. The standard InChI is InChI=1S/C24H29ClN2O3S2/c25-22-7-8-23(31-22)32(28,29)26-24-19-5-6-20(24)16-21-14-17(3-4-18(21)15-19)2-1-9-27-10-12-30-13-11-27/h1-4,7-8,14,19-20,24,26H,5-6,9-13,15-16H2/b2-1+. The monoisotopic (exact) mass is 492 g/mol. The Labute approximate surface area is 199 Å². The van der Waals surface area contributed by atoms with Crippen molar-refractivity contribution in [2.75, 3.05) is 32.8 Å². The molecule has 32 heavy (non-hydrogen) atoms. The topological polar surface area (TPSA) is 58.6 Å². The molecule has 8 heteroatoms. The molecule has 2 bridgehead atoms. The minimum Gasteiger partial charge on any atom is -0.379 e. The van der Waals surface area contributed by atoms with Crippen LogP contribution in [0.1, 0.15) is 29.5 Å². The zero-order valence-electron chi connectivity index (χ0n) is 18.0. The second-order valence-corrected chi connectivity index (χ2v) is 12.7. The molecular weight excluding hydrogens is 464 g/mol. The Hall–Kier alpha value is -1.22. The Kier molecular flexibility index (Phi) is 6.75. The molecule has 2 aromatic rings. The van der Waals surface area contributed by atoms with Crippen molar-refractivity contribution in [3.05, 3.63) is 57.4 Å². The summed E-state index contributed by atoms with van der Waals surface area (Å²) in [5.41, 5.74) is 3.96. The number of hydrogen-bond acceptors (Lipinski definition) is 5. The van der Waals surface area contributed by atoms with Crippen LogP contribution in [0.3, 0.4) is 0 Å². The van der Waals surface area contributed by atoms with Gasteiger partial charge in [-0.15, -0.1) is 11.3 Å². The lowest BCUT2D eigenvalue weighted by Gasteiger charge is -2.25. The van der Waals surface area contributed by atoms with Crippen molar-refractivity contribution < 1.29 is 13.2 Å². The van der Waals surface area contributed by atoms with E-state index in [-0.39, 0.29) is 6.04 Å². The number of sulfonamides is 1. The first-order chi connectivity index (χ1) is 15.5. The molecule has 3 aliphatic rings. The van der Waals surface area contributed by atoms with Crippen LogP contribution < -0.4 is 4.72 Å². The van der Waals surface area contributed by atoms with Gasteiger partial charge in [0.1, 0.15) is 4.21 Å². The van der Waals surface area contributed by atoms with Crippen molar-refractivity contribution in [2.24, 2.45) is 11.8 Å². The maximum absolute atomic E-state index is 12.9. The zero-order chi connectivity index (χ0) is 22.1. The zero-order valence-corrected chi connectivity index (χ0v) is 20.4. The van der Waals surface area contributed by atoms with Gasteiger partial charge in [0.05, 0.1) is 17.6 Å². The number of fused-ring (bicyclic) bond motifs is 3. The fourth-order valence-corrected chi connectivity index (χ4v) is 8.20. The summed E-state index contributed by atoms with van der Waals surface area (Å²) in [6.07, 6.45) is 8.44. The highest BCUT2D eigenvalue weighted by atomic mass is 35.5. The van der Waals surface area contributed by atoms with Crippen molar-refractivity contribution in [3.8, 4) is 0 Å². The predicted octanol–water partition coefficient (Wildman–Crippen LogP) is 4.22. The SMILES string of the molecule is O=S(=O)(NC1C2CCC1Cc1cc(/C=C/CN3CCOCC3)ccc1C2)c1ccc(Cl)s1. The van der Waals surface area contributed by atoms with Gasteiger partial charge in [0, 0.05) is 25.7 Å². The highest BCUT2D eigenvalue weighted by Gasteiger charge is 2.41. The molecular formula is C24H29ClN2O3S2. The predicted molar refractivity (Wildman–Crippen MR) is 130 cm³/mol. The van der Waals surface area contributed by atoms with E-state index >= 15 is 0 Å². The average Bonchev–Trinajstić information content (AvgIpc) is 3.33. The second kappa shape index (κ2) is 9.57. The van der Waals surface area contributed by atoms with Gasteiger partial charge in [0.2, 0.25) is 10.0 Å². The minimum atomic E-state index is -3.54. The summed E-state index contributed by atoms with van der Waals surface area (Å²) in [4.78, 5) is 2.40. The molecule has 1 aromatic carbocycles. The molecule has 2 fully saturated rings. The molecule has 1 aliphatic heterocycles. The highest BCUT2D eigenvalue weighted by molar-refractivity contribution is 7.91. The van der Waals surface area contributed by atoms with Crippen LogP contribution in [0.4, 0.5) is 0 Å². The normalized spacial score (nSPS) is 26.3. The summed E-state index contributed by atoms with van der Waals surface area (Å²) in [7, 11) is -3.54. The van der Waals surface area contributed by atoms with Gasteiger partial charge in [-0.1, -0.05) is 42.0 Å². The molecule has 1 saturated carbocycles. The molecule has 1 saturated heterocycles. The van der Waals surface area contributed by atoms with Crippen LogP contribution in [0.5, 0.6) is 0 Å². The third-order valence-electron chi connectivity index (χ3n) is 7.00. The maximum atomic E-state index is 12.9. The maximum Gasteiger partial charge on any atom is 0.250 e. The fraction of sp³-hybridized carbons (Fsp3) is 0.500.